The summed E-state index contributed by atoms with van der Waals surface area (Å²) < 4.78 is 0. The smallest absolute Gasteiger partial charge is 0.0329 e. The maximum absolute atomic E-state index is 6.45. The Hall–Kier alpha value is -0.0800. The summed E-state index contributed by atoms with van der Waals surface area (Å²) >= 11 is 0. The van der Waals surface area contributed by atoms with Crippen LogP contribution in [0.15, 0.2) is 0 Å². The molecule has 0 amide bonds. The predicted octanol–water partition coefficient (Wildman–Crippen LogP) is 3.01. The fourth-order valence-electron chi connectivity index (χ4n) is 2.89. The van der Waals surface area contributed by atoms with Crippen molar-refractivity contribution in [2.24, 2.45) is 11.7 Å². The fourth-order valence-corrected chi connectivity index (χ4v) is 2.89. The third-order valence-corrected chi connectivity index (χ3v) is 4.32. The van der Waals surface area contributed by atoms with E-state index in [0.717, 1.165) is 6.42 Å². The summed E-state index contributed by atoms with van der Waals surface area (Å²) in [4.78, 5) is 2.64. The Labute approximate surface area is 102 Å². The van der Waals surface area contributed by atoms with Gasteiger partial charge in [0.25, 0.3) is 0 Å². The number of hydrogen-bond donors (Lipinski definition) is 1. The lowest BCUT2D eigenvalue weighted by Gasteiger charge is -2.47. The van der Waals surface area contributed by atoms with E-state index in [2.05, 4.69) is 32.6 Å². The largest absolute Gasteiger partial charge is 0.326 e. The van der Waals surface area contributed by atoms with Crippen LogP contribution in [0.1, 0.15) is 59.8 Å². The van der Waals surface area contributed by atoms with Gasteiger partial charge in [0.05, 0.1) is 0 Å². The maximum atomic E-state index is 6.45. The first-order valence-electron chi connectivity index (χ1n) is 7.01. The molecular weight excluding hydrogens is 196 g/mol. The van der Waals surface area contributed by atoms with Crippen molar-refractivity contribution >= 4 is 0 Å². The molecule has 1 fully saturated rings. The summed E-state index contributed by atoms with van der Waals surface area (Å²) in [5.74, 6) is 0.700. The Kier molecular flexibility index (Phi) is 5.26. The zero-order valence-electron chi connectivity index (χ0n) is 11.6. The molecule has 2 N–H and O–H groups in total. The van der Waals surface area contributed by atoms with Gasteiger partial charge in [0.2, 0.25) is 0 Å². The Morgan fingerprint density at radius 2 is 1.75 bits per heavy atom. The normalized spacial score (nSPS) is 24.4. The van der Waals surface area contributed by atoms with Gasteiger partial charge in [0, 0.05) is 11.6 Å². The second-order valence-electron chi connectivity index (χ2n) is 5.99. The van der Waals surface area contributed by atoms with E-state index >= 15 is 0 Å². The second-order valence-corrected chi connectivity index (χ2v) is 5.99. The van der Waals surface area contributed by atoms with Gasteiger partial charge in [-0.2, -0.15) is 0 Å². The third kappa shape index (κ3) is 3.21. The van der Waals surface area contributed by atoms with Crippen molar-refractivity contribution in [1.82, 2.24) is 4.90 Å². The molecule has 2 atom stereocenters. The van der Waals surface area contributed by atoms with E-state index < -0.39 is 0 Å². The fraction of sp³-hybridized carbons (Fsp3) is 1.00. The van der Waals surface area contributed by atoms with E-state index in [-0.39, 0.29) is 5.54 Å². The lowest BCUT2D eigenvalue weighted by molar-refractivity contribution is 0.0487. The Bertz CT molecular complexity index is 197. The molecule has 0 aromatic carbocycles. The second kappa shape index (κ2) is 6.02. The number of likely N-dealkylation sites (tertiary alicyclic amines) is 1. The van der Waals surface area contributed by atoms with E-state index in [1.807, 2.05) is 0 Å². The summed E-state index contributed by atoms with van der Waals surface area (Å²) in [6, 6.07) is 0.315. The van der Waals surface area contributed by atoms with Crippen LogP contribution in [0.5, 0.6) is 0 Å². The number of nitrogens with two attached hydrogens (primary N) is 1. The number of nitrogens with zero attached hydrogens (tertiary/aromatic N) is 1. The predicted molar refractivity (Wildman–Crippen MR) is 71.6 cm³/mol. The zero-order valence-corrected chi connectivity index (χ0v) is 11.6. The van der Waals surface area contributed by atoms with Crippen LogP contribution in [0.25, 0.3) is 0 Å². The molecule has 2 heteroatoms. The summed E-state index contributed by atoms with van der Waals surface area (Å²) in [6.45, 7) is 11.7. The quantitative estimate of drug-likeness (QED) is 0.781. The molecule has 1 rings (SSSR count). The molecule has 0 aromatic heterocycles. The van der Waals surface area contributed by atoms with Gasteiger partial charge in [0.1, 0.15) is 0 Å². The minimum absolute atomic E-state index is 0.213. The first-order chi connectivity index (χ1) is 7.50. The molecule has 0 spiro atoms. The highest BCUT2D eigenvalue weighted by Crippen LogP contribution is 2.29. The summed E-state index contributed by atoms with van der Waals surface area (Å²) in [7, 11) is 0. The zero-order chi connectivity index (χ0) is 12.2. The minimum Gasteiger partial charge on any atom is -0.326 e. The van der Waals surface area contributed by atoms with Crippen LogP contribution >= 0.6 is 0 Å². The van der Waals surface area contributed by atoms with Gasteiger partial charge < -0.3 is 5.73 Å². The minimum atomic E-state index is 0.213. The highest BCUT2D eigenvalue weighted by atomic mass is 15.2. The van der Waals surface area contributed by atoms with Crippen molar-refractivity contribution in [2.45, 2.75) is 71.4 Å². The molecule has 0 saturated carbocycles. The summed E-state index contributed by atoms with van der Waals surface area (Å²) in [5, 5.41) is 0. The lowest BCUT2D eigenvalue weighted by atomic mass is 9.82. The Morgan fingerprint density at radius 3 is 2.19 bits per heavy atom. The van der Waals surface area contributed by atoms with Crippen molar-refractivity contribution in [3.05, 3.63) is 0 Å². The molecule has 1 saturated heterocycles. The van der Waals surface area contributed by atoms with Crippen molar-refractivity contribution < 1.29 is 0 Å². The van der Waals surface area contributed by atoms with Gasteiger partial charge >= 0.3 is 0 Å². The standard InChI is InChI=1S/C14H30N2/c1-5-14(4,13(15)11-12(2)3)16-9-7-6-8-10-16/h12-13H,5-11,15H2,1-4H3. The van der Waals surface area contributed by atoms with Gasteiger partial charge in [-0.1, -0.05) is 27.2 Å². The average Bonchev–Trinajstić information content (AvgIpc) is 2.28. The number of hydrogen-bond acceptors (Lipinski definition) is 2. The van der Waals surface area contributed by atoms with Crippen LogP contribution in [0.2, 0.25) is 0 Å². The molecule has 2 nitrogen and oxygen atoms in total. The molecule has 0 bridgehead atoms. The molecule has 1 aliphatic rings. The van der Waals surface area contributed by atoms with Crippen LogP contribution in [0.3, 0.4) is 0 Å². The molecule has 96 valence electrons. The highest BCUT2D eigenvalue weighted by Gasteiger charge is 2.36. The lowest BCUT2D eigenvalue weighted by Crippen LogP contribution is -2.59. The van der Waals surface area contributed by atoms with Gasteiger partial charge in [-0.05, 0) is 51.6 Å². The Balaban J connectivity index is 2.66. The molecule has 0 aromatic rings. The molecule has 0 radical (unpaired) electrons. The number of piperidine rings is 1. The average molecular weight is 226 g/mol. The van der Waals surface area contributed by atoms with Crippen LogP contribution in [-0.2, 0) is 0 Å². The van der Waals surface area contributed by atoms with E-state index in [4.69, 9.17) is 5.73 Å². The third-order valence-electron chi connectivity index (χ3n) is 4.32. The van der Waals surface area contributed by atoms with Crippen LogP contribution in [0.4, 0.5) is 0 Å². The summed E-state index contributed by atoms with van der Waals surface area (Å²) in [5.41, 5.74) is 6.67. The van der Waals surface area contributed by atoms with Crippen LogP contribution in [-0.4, -0.2) is 29.6 Å². The van der Waals surface area contributed by atoms with Gasteiger partial charge in [0.15, 0.2) is 0 Å². The molecule has 1 aliphatic heterocycles. The maximum Gasteiger partial charge on any atom is 0.0329 e. The first-order valence-corrected chi connectivity index (χ1v) is 7.01. The summed E-state index contributed by atoms with van der Waals surface area (Å²) in [6.07, 6.45) is 6.41. The van der Waals surface area contributed by atoms with Crippen molar-refractivity contribution in [3.8, 4) is 0 Å². The van der Waals surface area contributed by atoms with E-state index in [9.17, 15) is 0 Å². The van der Waals surface area contributed by atoms with Gasteiger partial charge in [-0.3, -0.25) is 4.90 Å². The van der Waals surface area contributed by atoms with Crippen molar-refractivity contribution in [2.75, 3.05) is 13.1 Å². The van der Waals surface area contributed by atoms with Crippen molar-refractivity contribution in [1.29, 1.82) is 0 Å². The van der Waals surface area contributed by atoms with E-state index in [0.29, 0.717) is 12.0 Å². The molecule has 16 heavy (non-hydrogen) atoms. The topological polar surface area (TPSA) is 29.3 Å². The van der Waals surface area contributed by atoms with Crippen molar-refractivity contribution in [3.63, 3.8) is 0 Å². The van der Waals surface area contributed by atoms with Crippen LogP contribution in [0, 0.1) is 5.92 Å². The molecule has 1 heterocycles. The molecular formula is C14H30N2. The van der Waals surface area contributed by atoms with Gasteiger partial charge in [-0.25, -0.2) is 0 Å². The van der Waals surface area contributed by atoms with Gasteiger partial charge in [-0.15, -0.1) is 0 Å². The van der Waals surface area contributed by atoms with E-state index in [1.54, 1.807) is 0 Å². The molecule has 2 unspecified atom stereocenters. The number of rotatable bonds is 5. The van der Waals surface area contributed by atoms with Crippen LogP contribution < -0.4 is 5.73 Å². The monoisotopic (exact) mass is 226 g/mol. The Morgan fingerprint density at radius 1 is 1.19 bits per heavy atom. The molecule has 0 aliphatic carbocycles. The highest BCUT2D eigenvalue weighted by molar-refractivity contribution is 4.95. The SMILES string of the molecule is CCC(C)(C(N)CC(C)C)N1CCCCC1. The first kappa shape index (κ1) is 14.0. The van der Waals surface area contributed by atoms with E-state index in [1.165, 1.54) is 38.8 Å².